The van der Waals surface area contributed by atoms with Crippen molar-refractivity contribution in [2.24, 2.45) is 11.1 Å². The predicted octanol–water partition coefficient (Wildman–Crippen LogP) is 3.76. The molecule has 0 aromatic heterocycles. The summed E-state index contributed by atoms with van der Waals surface area (Å²) in [5.74, 6) is 0.527. The van der Waals surface area contributed by atoms with E-state index in [2.05, 4.69) is 32.9 Å². The molecule has 2 nitrogen and oxygen atoms in total. The molecule has 1 aliphatic rings. The number of nitrogens with zero attached hydrogens (tertiary/aromatic N) is 1. The Hall–Kier alpha value is -0.530. The molecule has 1 heterocycles. The molecule has 82 valence electrons. The maximum Gasteiger partial charge on any atom is 0.135 e. The van der Waals surface area contributed by atoms with Gasteiger partial charge in [0, 0.05) is 0 Å². The molecule has 1 atom stereocenters. The molecule has 0 spiro atoms. The van der Waals surface area contributed by atoms with Crippen molar-refractivity contribution in [1.29, 1.82) is 0 Å². The summed E-state index contributed by atoms with van der Waals surface area (Å²) in [5.41, 5.74) is 1.22. The Bertz CT molecular complexity index is 210. The summed E-state index contributed by atoms with van der Waals surface area (Å²) in [4.78, 5) is 5.69. The fourth-order valence-corrected chi connectivity index (χ4v) is 2.00. The lowest BCUT2D eigenvalue weighted by atomic mass is 9.92. The zero-order valence-electron chi connectivity index (χ0n) is 9.97. The first-order chi connectivity index (χ1) is 6.57. The Morgan fingerprint density at radius 3 is 2.79 bits per heavy atom. The molecule has 0 saturated heterocycles. The normalized spacial score (nSPS) is 28.2. The maximum atomic E-state index is 5.69. The van der Waals surface area contributed by atoms with Crippen molar-refractivity contribution in [2.75, 3.05) is 0 Å². The van der Waals surface area contributed by atoms with E-state index in [0.717, 1.165) is 19.3 Å². The summed E-state index contributed by atoms with van der Waals surface area (Å²) in [7, 11) is 0. The zero-order valence-corrected chi connectivity index (χ0v) is 9.97. The van der Waals surface area contributed by atoms with Gasteiger partial charge in [-0.05, 0) is 38.5 Å². The molecule has 1 aliphatic heterocycles. The number of hydrogen-bond donors (Lipinski definition) is 0. The monoisotopic (exact) mass is 197 g/mol. The second kappa shape index (κ2) is 4.81. The van der Waals surface area contributed by atoms with Crippen LogP contribution in [0.25, 0.3) is 0 Å². The lowest BCUT2D eigenvalue weighted by Gasteiger charge is -2.25. The molecule has 0 bridgehead atoms. The summed E-state index contributed by atoms with van der Waals surface area (Å²) in [6.45, 7) is 8.76. The predicted molar refractivity (Wildman–Crippen MR) is 60.5 cm³/mol. The van der Waals surface area contributed by atoms with Gasteiger partial charge >= 0.3 is 0 Å². The van der Waals surface area contributed by atoms with Crippen LogP contribution in [0.15, 0.2) is 5.16 Å². The van der Waals surface area contributed by atoms with Crippen LogP contribution in [0.3, 0.4) is 0 Å². The highest BCUT2D eigenvalue weighted by molar-refractivity contribution is 5.85. The van der Waals surface area contributed by atoms with Crippen molar-refractivity contribution in [3.05, 3.63) is 0 Å². The molecule has 1 rings (SSSR count). The second-order valence-corrected chi connectivity index (χ2v) is 4.88. The van der Waals surface area contributed by atoms with Crippen LogP contribution in [0.1, 0.15) is 59.8 Å². The van der Waals surface area contributed by atoms with E-state index in [0.29, 0.717) is 5.92 Å². The van der Waals surface area contributed by atoms with Gasteiger partial charge in [0.05, 0.1) is 5.71 Å². The van der Waals surface area contributed by atoms with Crippen molar-refractivity contribution < 1.29 is 4.84 Å². The first-order valence-corrected chi connectivity index (χ1v) is 5.82. The minimum atomic E-state index is -0.00854. The van der Waals surface area contributed by atoms with Crippen LogP contribution < -0.4 is 0 Å². The third-order valence-electron chi connectivity index (χ3n) is 2.97. The van der Waals surface area contributed by atoms with Gasteiger partial charge in [-0.15, -0.1) is 0 Å². The zero-order chi connectivity index (χ0) is 10.6. The standard InChI is InChI=1S/C12H23NO/c1-5-8-12(4)9-6-7-11(10(2)3)13-14-12/h10H,5-9H2,1-4H3. The summed E-state index contributed by atoms with van der Waals surface area (Å²) in [6, 6.07) is 0. The molecule has 0 aromatic rings. The van der Waals surface area contributed by atoms with Crippen LogP contribution in [0.5, 0.6) is 0 Å². The maximum absolute atomic E-state index is 5.69. The SMILES string of the molecule is CCCC1(C)CCCC(C(C)C)=NO1. The summed E-state index contributed by atoms with van der Waals surface area (Å²) >= 11 is 0. The second-order valence-electron chi connectivity index (χ2n) is 4.88. The Morgan fingerprint density at radius 2 is 2.21 bits per heavy atom. The van der Waals surface area contributed by atoms with E-state index in [-0.39, 0.29) is 5.60 Å². The third-order valence-corrected chi connectivity index (χ3v) is 2.97. The molecule has 14 heavy (non-hydrogen) atoms. The third kappa shape index (κ3) is 3.00. The van der Waals surface area contributed by atoms with Gasteiger partial charge in [-0.25, -0.2) is 0 Å². The fourth-order valence-electron chi connectivity index (χ4n) is 2.00. The molecule has 0 radical (unpaired) electrons. The highest BCUT2D eigenvalue weighted by Gasteiger charge is 2.28. The van der Waals surface area contributed by atoms with Gasteiger partial charge in [-0.3, -0.25) is 0 Å². The average Bonchev–Trinajstić information content (AvgIpc) is 2.28. The van der Waals surface area contributed by atoms with Gasteiger partial charge < -0.3 is 4.84 Å². The number of hydrogen-bond acceptors (Lipinski definition) is 2. The first kappa shape index (κ1) is 11.5. The molecule has 2 heteroatoms. The first-order valence-electron chi connectivity index (χ1n) is 5.82. The minimum Gasteiger partial charge on any atom is -0.390 e. The summed E-state index contributed by atoms with van der Waals surface area (Å²) < 4.78 is 0. The van der Waals surface area contributed by atoms with Crippen LogP contribution in [0.4, 0.5) is 0 Å². The Kier molecular flexibility index (Phi) is 3.97. The topological polar surface area (TPSA) is 21.6 Å². The molecular weight excluding hydrogens is 174 g/mol. The van der Waals surface area contributed by atoms with E-state index in [1.807, 2.05) is 0 Å². The number of rotatable bonds is 3. The van der Waals surface area contributed by atoms with Crippen LogP contribution >= 0.6 is 0 Å². The van der Waals surface area contributed by atoms with Crippen molar-refractivity contribution in [3.8, 4) is 0 Å². The van der Waals surface area contributed by atoms with E-state index in [1.165, 1.54) is 18.6 Å². The van der Waals surface area contributed by atoms with Gasteiger partial charge in [0.2, 0.25) is 0 Å². The molecule has 0 aromatic carbocycles. The quantitative estimate of drug-likeness (QED) is 0.675. The van der Waals surface area contributed by atoms with Crippen LogP contribution in [0.2, 0.25) is 0 Å². The lowest BCUT2D eigenvalue weighted by molar-refractivity contribution is -0.0390. The molecule has 1 unspecified atom stereocenters. The van der Waals surface area contributed by atoms with Crippen LogP contribution in [-0.2, 0) is 4.84 Å². The van der Waals surface area contributed by atoms with Crippen molar-refractivity contribution in [3.63, 3.8) is 0 Å². The molecular formula is C12H23NO. The average molecular weight is 197 g/mol. The Balaban J connectivity index is 2.62. The van der Waals surface area contributed by atoms with E-state index in [4.69, 9.17) is 4.84 Å². The van der Waals surface area contributed by atoms with Gasteiger partial charge in [-0.2, -0.15) is 0 Å². The largest absolute Gasteiger partial charge is 0.390 e. The smallest absolute Gasteiger partial charge is 0.135 e. The molecule has 0 N–H and O–H groups in total. The van der Waals surface area contributed by atoms with E-state index in [1.54, 1.807) is 0 Å². The van der Waals surface area contributed by atoms with Crippen molar-refractivity contribution in [1.82, 2.24) is 0 Å². The molecule has 0 fully saturated rings. The van der Waals surface area contributed by atoms with E-state index in [9.17, 15) is 0 Å². The van der Waals surface area contributed by atoms with Gasteiger partial charge in [0.25, 0.3) is 0 Å². The number of oxime groups is 1. The van der Waals surface area contributed by atoms with Gasteiger partial charge in [0.15, 0.2) is 0 Å². The Labute approximate surface area is 87.7 Å². The van der Waals surface area contributed by atoms with Crippen molar-refractivity contribution >= 4 is 5.71 Å². The minimum absolute atomic E-state index is 0.00854. The van der Waals surface area contributed by atoms with Gasteiger partial charge in [-0.1, -0.05) is 32.3 Å². The lowest BCUT2D eigenvalue weighted by Crippen LogP contribution is -2.25. The fraction of sp³-hybridized carbons (Fsp3) is 0.917. The van der Waals surface area contributed by atoms with Gasteiger partial charge in [0.1, 0.15) is 5.60 Å². The van der Waals surface area contributed by atoms with E-state index < -0.39 is 0 Å². The molecule has 0 amide bonds. The molecule has 0 saturated carbocycles. The van der Waals surface area contributed by atoms with Crippen LogP contribution in [-0.4, -0.2) is 11.3 Å². The summed E-state index contributed by atoms with van der Waals surface area (Å²) in [6.07, 6.45) is 5.75. The van der Waals surface area contributed by atoms with Crippen LogP contribution in [0, 0.1) is 5.92 Å². The summed E-state index contributed by atoms with van der Waals surface area (Å²) in [5, 5.41) is 4.31. The highest BCUT2D eigenvalue weighted by atomic mass is 16.6. The van der Waals surface area contributed by atoms with Crippen molar-refractivity contribution in [2.45, 2.75) is 65.4 Å². The van der Waals surface area contributed by atoms with E-state index >= 15 is 0 Å². The molecule has 0 aliphatic carbocycles. The highest BCUT2D eigenvalue weighted by Crippen LogP contribution is 2.28. The Morgan fingerprint density at radius 1 is 1.50 bits per heavy atom.